The smallest absolute Gasteiger partial charge is 0.132 e. The lowest BCUT2D eigenvalue weighted by atomic mass is 10.0. The first-order valence-electron chi connectivity index (χ1n) is 4.51. The van der Waals surface area contributed by atoms with Crippen molar-refractivity contribution in [3.05, 3.63) is 0 Å². The molecule has 0 saturated carbocycles. The molecular formula is C9H21NOS2. The summed E-state index contributed by atoms with van der Waals surface area (Å²) in [6.07, 6.45) is 4.06. The van der Waals surface area contributed by atoms with Gasteiger partial charge in [-0.15, -0.1) is 0 Å². The fourth-order valence-corrected chi connectivity index (χ4v) is 2.90. The number of carbonyl (C=O) groups is 1. The van der Waals surface area contributed by atoms with Gasteiger partial charge in [-0.1, -0.05) is 28.5 Å². The minimum absolute atomic E-state index is 0. The van der Waals surface area contributed by atoms with Crippen LogP contribution in [0.5, 0.6) is 0 Å². The van der Waals surface area contributed by atoms with E-state index in [-0.39, 0.29) is 13.1 Å². The number of hydrogen-bond acceptors (Lipinski definition) is 4. The van der Waals surface area contributed by atoms with Gasteiger partial charge in [0.25, 0.3) is 0 Å². The molecule has 1 unspecified atom stereocenters. The SMILES string of the molecule is CSSC(CN)CC[C@H](C)C(C)=O.[HH]. The summed E-state index contributed by atoms with van der Waals surface area (Å²) in [6, 6.07) is 0. The van der Waals surface area contributed by atoms with E-state index in [9.17, 15) is 4.79 Å². The first-order chi connectivity index (χ1) is 6.11. The van der Waals surface area contributed by atoms with Crippen LogP contribution < -0.4 is 5.73 Å². The first-order valence-corrected chi connectivity index (χ1v) is 7.13. The van der Waals surface area contributed by atoms with Crippen molar-refractivity contribution in [2.75, 3.05) is 12.8 Å². The van der Waals surface area contributed by atoms with E-state index < -0.39 is 0 Å². The van der Waals surface area contributed by atoms with Crippen LogP contribution >= 0.6 is 21.6 Å². The van der Waals surface area contributed by atoms with Gasteiger partial charge in [-0.3, -0.25) is 4.79 Å². The summed E-state index contributed by atoms with van der Waals surface area (Å²) >= 11 is 0. The Labute approximate surface area is 90.3 Å². The summed E-state index contributed by atoms with van der Waals surface area (Å²) in [4.78, 5) is 11.0. The molecule has 0 aliphatic rings. The Kier molecular flexibility index (Phi) is 7.90. The molecule has 0 spiro atoms. The van der Waals surface area contributed by atoms with Gasteiger partial charge in [-0.2, -0.15) is 0 Å². The molecule has 0 radical (unpaired) electrons. The number of ketones is 1. The second-order valence-electron chi connectivity index (χ2n) is 3.21. The standard InChI is InChI=1S/C9H19NOS2.H2/c1-7(8(2)11)4-5-9(6-10)13-12-3;/h7,9H,4-6,10H2,1-3H3;1H/t7-,9?;/m0./s1. The highest BCUT2D eigenvalue weighted by Crippen LogP contribution is 2.27. The van der Waals surface area contributed by atoms with E-state index in [4.69, 9.17) is 5.73 Å². The minimum atomic E-state index is 0. The quantitative estimate of drug-likeness (QED) is 0.674. The maximum absolute atomic E-state index is 11.0. The highest BCUT2D eigenvalue weighted by molar-refractivity contribution is 8.76. The number of Topliss-reactive ketones (excluding diaryl/α,β-unsaturated/α-hetero) is 1. The first kappa shape index (κ1) is 13.3. The normalized spacial score (nSPS) is 15.4. The molecule has 13 heavy (non-hydrogen) atoms. The molecule has 0 aromatic rings. The molecule has 0 rings (SSSR count). The molecule has 2 atom stereocenters. The Bertz CT molecular complexity index is 158. The zero-order valence-corrected chi connectivity index (χ0v) is 10.2. The van der Waals surface area contributed by atoms with Crippen LogP contribution in [0.4, 0.5) is 0 Å². The Hall–Kier alpha value is 0.330. The molecule has 0 heterocycles. The van der Waals surface area contributed by atoms with Gasteiger partial charge >= 0.3 is 0 Å². The van der Waals surface area contributed by atoms with Crippen LogP contribution in [0.1, 0.15) is 28.1 Å². The van der Waals surface area contributed by atoms with Crippen molar-refractivity contribution in [3.8, 4) is 0 Å². The summed E-state index contributed by atoms with van der Waals surface area (Å²) in [7, 11) is 3.56. The fraction of sp³-hybridized carbons (Fsp3) is 0.889. The van der Waals surface area contributed by atoms with Gasteiger partial charge in [-0.05, 0) is 26.0 Å². The zero-order valence-electron chi connectivity index (χ0n) is 8.58. The molecule has 0 aromatic carbocycles. The van der Waals surface area contributed by atoms with E-state index in [1.165, 1.54) is 0 Å². The van der Waals surface area contributed by atoms with Crippen molar-refractivity contribution in [3.63, 3.8) is 0 Å². The van der Waals surface area contributed by atoms with Gasteiger partial charge in [-0.25, -0.2) is 0 Å². The Morgan fingerprint density at radius 3 is 2.54 bits per heavy atom. The molecule has 2 nitrogen and oxygen atoms in total. The van der Waals surface area contributed by atoms with E-state index in [0.717, 1.165) is 12.8 Å². The van der Waals surface area contributed by atoms with Crippen molar-refractivity contribution in [1.82, 2.24) is 0 Å². The molecule has 0 amide bonds. The lowest BCUT2D eigenvalue weighted by molar-refractivity contribution is -0.120. The van der Waals surface area contributed by atoms with Gasteiger partial charge in [0, 0.05) is 19.1 Å². The van der Waals surface area contributed by atoms with Crippen molar-refractivity contribution < 1.29 is 6.22 Å². The molecular weight excluding hydrogens is 202 g/mol. The third-order valence-electron chi connectivity index (χ3n) is 2.11. The highest BCUT2D eigenvalue weighted by atomic mass is 33.1. The van der Waals surface area contributed by atoms with E-state index in [2.05, 4.69) is 6.26 Å². The number of hydrogen-bond donors (Lipinski definition) is 1. The van der Waals surface area contributed by atoms with Gasteiger partial charge in [0.15, 0.2) is 0 Å². The van der Waals surface area contributed by atoms with Crippen molar-refractivity contribution in [2.45, 2.75) is 31.9 Å². The van der Waals surface area contributed by atoms with Crippen LogP contribution in [0.15, 0.2) is 0 Å². The lowest BCUT2D eigenvalue weighted by Gasteiger charge is -2.14. The zero-order chi connectivity index (χ0) is 10.3. The summed E-state index contributed by atoms with van der Waals surface area (Å²) in [6.45, 7) is 4.35. The molecule has 80 valence electrons. The van der Waals surface area contributed by atoms with E-state index in [1.807, 2.05) is 17.7 Å². The predicted octanol–water partition coefficient (Wildman–Crippen LogP) is 2.58. The van der Waals surface area contributed by atoms with Gasteiger partial charge in [0.05, 0.1) is 0 Å². The molecule has 0 bridgehead atoms. The second-order valence-corrected chi connectivity index (χ2v) is 5.98. The van der Waals surface area contributed by atoms with Crippen LogP contribution in [0.3, 0.4) is 0 Å². The average molecular weight is 223 g/mol. The summed E-state index contributed by atoms with van der Waals surface area (Å²) in [5, 5.41) is 0.497. The maximum Gasteiger partial charge on any atom is 0.132 e. The van der Waals surface area contributed by atoms with Crippen molar-refractivity contribution >= 4 is 27.4 Å². The summed E-state index contributed by atoms with van der Waals surface area (Å²) in [5.74, 6) is 0.474. The van der Waals surface area contributed by atoms with E-state index >= 15 is 0 Å². The van der Waals surface area contributed by atoms with E-state index in [1.54, 1.807) is 17.7 Å². The van der Waals surface area contributed by atoms with E-state index in [0.29, 0.717) is 11.8 Å². The lowest BCUT2D eigenvalue weighted by Crippen LogP contribution is -2.18. The average Bonchev–Trinajstić information content (AvgIpc) is 2.11. The monoisotopic (exact) mass is 223 g/mol. The topological polar surface area (TPSA) is 43.1 Å². The Balaban J connectivity index is 0. The van der Waals surface area contributed by atoms with Crippen molar-refractivity contribution in [2.24, 2.45) is 11.7 Å². The second kappa shape index (κ2) is 7.71. The van der Waals surface area contributed by atoms with Crippen LogP contribution in [0.25, 0.3) is 0 Å². The van der Waals surface area contributed by atoms with Crippen LogP contribution in [0, 0.1) is 5.92 Å². The van der Waals surface area contributed by atoms with Crippen LogP contribution in [-0.2, 0) is 4.79 Å². The van der Waals surface area contributed by atoms with Crippen LogP contribution in [-0.4, -0.2) is 23.8 Å². The third kappa shape index (κ3) is 6.41. The minimum Gasteiger partial charge on any atom is -0.329 e. The highest BCUT2D eigenvalue weighted by Gasteiger charge is 2.12. The molecule has 0 aliphatic heterocycles. The molecule has 4 heteroatoms. The summed E-state index contributed by atoms with van der Waals surface area (Å²) in [5.41, 5.74) is 5.60. The molecule has 0 fully saturated rings. The molecule has 0 saturated heterocycles. The maximum atomic E-state index is 11.0. The third-order valence-corrected chi connectivity index (χ3v) is 4.40. The number of nitrogens with two attached hydrogens (primary N) is 1. The fourth-order valence-electron chi connectivity index (χ4n) is 0.980. The predicted molar refractivity (Wildman–Crippen MR) is 65.1 cm³/mol. The Morgan fingerprint density at radius 2 is 2.15 bits per heavy atom. The van der Waals surface area contributed by atoms with Gasteiger partial charge < -0.3 is 5.73 Å². The molecule has 2 N–H and O–H groups in total. The number of rotatable bonds is 7. The van der Waals surface area contributed by atoms with Crippen molar-refractivity contribution in [1.29, 1.82) is 0 Å². The van der Waals surface area contributed by atoms with Gasteiger partial charge in [0.2, 0.25) is 0 Å². The largest absolute Gasteiger partial charge is 0.329 e. The van der Waals surface area contributed by atoms with Gasteiger partial charge in [0.1, 0.15) is 5.78 Å². The molecule has 0 aliphatic carbocycles. The van der Waals surface area contributed by atoms with Crippen LogP contribution in [0.2, 0.25) is 0 Å². The Morgan fingerprint density at radius 1 is 1.54 bits per heavy atom. The summed E-state index contributed by atoms with van der Waals surface area (Å²) < 4.78 is 0. The molecule has 0 aromatic heterocycles. The number of carbonyl (C=O) groups excluding carboxylic acids is 1.